The summed E-state index contributed by atoms with van der Waals surface area (Å²) < 4.78 is 0. The van der Waals surface area contributed by atoms with Crippen molar-refractivity contribution in [3.63, 3.8) is 0 Å². The molecule has 0 saturated carbocycles. The van der Waals surface area contributed by atoms with Crippen molar-refractivity contribution in [1.29, 1.82) is 0 Å². The van der Waals surface area contributed by atoms with Crippen LogP contribution in [0.15, 0.2) is 41.8 Å². The second kappa shape index (κ2) is 6.64. The molecule has 0 amide bonds. The Kier molecular flexibility index (Phi) is 4.88. The molecule has 0 N–H and O–H groups in total. The molecule has 1 aromatic heterocycles. The van der Waals surface area contributed by atoms with Crippen LogP contribution in [0, 0.1) is 6.92 Å². The maximum Gasteiger partial charge on any atom is 0.164 e. The molecule has 2 rings (SSSR count). The lowest BCUT2D eigenvalue weighted by Crippen LogP contribution is -2.21. The largest absolute Gasteiger partial charge is 0.301 e. The smallest absolute Gasteiger partial charge is 0.164 e. The van der Waals surface area contributed by atoms with E-state index in [-0.39, 0.29) is 5.78 Å². The molecule has 0 atom stereocenters. The number of aryl methyl sites for hydroxylation is 1. The number of nitrogens with zero attached hydrogens (tertiary/aromatic N) is 1. The monoisotopic (exact) mass is 273 g/mol. The first kappa shape index (κ1) is 14.0. The van der Waals surface area contributed by atoms with Crippen LogP contribution in [-0.2, 0) is 6.54 Å². The fourth-order valence-electron chi connectivity index (χ4n) is 2.06. The number of carbonyl (C=O) groups is 1. The number of thiophene rings is 1. The minimum Gasteiger partial charge on any atom is -0.301 e. The molecule has 100 valence electrons. The summed E-state index contributed by atoms with van der Waals surface area (Å²) in [7, 11) is 2.06. The van der Waals surface area contributed by atoms with E-state index in [1.165, 1.54) is 4.88 Å². The number of Topliss-reactive ketones (excluding diaryl/α,β-unsaturated/α-hetero) is 1. The Morgan fingerprint density at radius 3 is 2.68 bits per heavy atom. The van der Waals surface area contributed by atoms with Crippen molar-refractivity contribution in [3.8, 4) is 0 Å². The third kappa shape index (κ3) is 4.01. The van der Waals surface area contributed by atoms with E-state index in [1.807, 2.05) is 31.2 Å². The Hall–Kier alpha value is -1.45. The van der Waals surface area contributed by atoms with Crippen molar-refractivity contribution < 1.29 is 4.79 Å². The number of hydrogen-bond acceptors (Lipinski definition) is 3. The Labute approximate surface area is 118 Å². The van der Waals surface area contributed by atoms with Gasteiger partial charge in [0.15, 0.2) is 5.78 Å². The Balaban J connectivity index is 1.85. The zero-order chi connectivity index (χ0) is 13.7. The molecule has 0 spiro atoms. The summed E-state index contributed by atoms with van der Waals surface area (Å²) in [4.78, 5) is 15.7. The third-order valence-electron chi connectivity index (χ3n) is 3.17. The van der Waals surface area contributed by atoms with Crippen LogP contribution in [0.3, 0.4) is 0 Å². The fourth-order valence-corrected chi connectivity index (χ4v) is 2.84. The summed E-state index contributed by atoms with van der Waals surface area (Å²) in [6, 6.07) is 12.0. The number of hydrogen-bond donors (Lipinski definition) is 0. The molecule has 2 aromatic rings. The van der Waals surface area contributed by atoms with E-state index in [4.69, 9.17) is 0 Å². The van der Waals surface area contributed by atoms with Gasteiger partial charge >= 0.3 is 0 Å². The van der Waals surface area contributed by atoms with Crippen LogP contribution in [0.25, 0.3) is 0 Å². The molecule has 0 radical (unpaired) electrons. The molecule has 0 unspecified atom stereocenters. The van der Waals surface area contributed by atoms with Gasteiger partial charge in [-0.25, -0.2) is 0 Å². The summed E-state index contributed by atoms with van der Waals surface area (Å²) in [5.74, 6) is 0.233. The predicted molar refractivity (Wildman–Crippen MR) is 80.8 cm³/mol. The summed E-state index contributed by atoms with van der Waals surface area (Å²) in [5, 5.41) is 2.08. The molecule has 2 nitrogen and oxygen atoms in total. The standard InChI is InChI=1S/C16H19NOS/c1-13-6-3-4-8-15(13)16(18)9-10-17(2)12-14-7-5-11-19-14/h3-8,11H,9-10,12H2,1-2H3. The van der Waals surface area contributed by atoms with Crippen molar-refractivity contribution >= 4 is 17.1 Å². The van der Waals surface area contributed by atoms with E-state index in [0.29, 0.717) is 6.42 Å². The van der Waals surface area contributed by atoms with Gasteiger partial charge in [-0.1, -0.05) is 30.3 Å². The Morgan fingerprint density at radius 1 is 1.21 bits per heavy atom. The van der Waals surface area contributed by atoms with Crippen molar-refractivity contribution in [1.82, 2.24) is 4.90 Å². The van der Waals surface area contributed by atoms with Crippen LogP contribution in [0.5, 0.6) is 0 Å². The van der Waals surface area contributed by atoms with Crippen molar-refractivity contribution in [2.75, 3.05) is 13.6 Å². The number of benzene rings is 1. The van der Waals surface area contributed by atoms with Gasteiger partial charge in [0.1, 0.15) is 0 Å². The van der Waals surface area contributed by atoms with E-state index in [0.717, 1.165) is 24.2 Å². The van der Waals surface area contributed by atoms with E-state index in [9.17, 15) is 4.79 Å². The van der Waals surface area contributed by atoms with Crippen LogP contribution in [0.2, 0.25) is 0 Å². The molecule has 3 heteroatoms. The second-order valence-electron chi connectivity index (χ2n) is 4.81. The van der Waals surface area contributed by atoms with E-state index >= 15 is 0 Å². The van der Waals surface area contributed by atoms with Gasteiger partial charge in [0, 0.05) is 30.0 Å². The highest BCUT2D eigenvalue weighted by Gasteiger charge is 2.10. The van der Waals surface area contributed by atoms with Crippen molar-refractivity contribution in [2.45, 2.75) is 19.9 Å². The summed E-state index contributed by atoms with van der Waals surface area (Å²) in [5.41, 5.74) is 1.92. The quantitative estimate of drug-likeness (QED) is 0.747. The van der Waals surface area contributed by atoms with Gasteiger partial charge in [0.05, 0.1) is 0 Å². The SMILES string of the molecule is Cc1ccccc1C(=O)CCN(C)Cc1cccs1. The highest BCUT2D eigenvalue weighted by molar-refractivity contribution is 7.09. The average molecular weight is 273 g/mol. The van der Waals surface area contributed by atoms with Crippen molar-refractivity contribution in [3.05, 3.63) is 57.8 Å². The normalized spacial score (nSPS) is 10.9. The van der Waals surface area contributed by atoms with E-state index < -0.39 is 0 Å². The van der Waals surface area contributed by atoms with Gasteiger partial charge in [-0.3, -0.25) is 4.79 Å². The molecule has 0 aliphatic carbocycles. The van der Waals surface area contributed by atoms with Crippen LogP contribution in [0.4, 0.5) is 0 Å². The first-order chi connectivity index (χ1) is 9.16. The minimum absolute atomic E-state index is 0.233. The first-order valence-corrected chi connectivity index (χ1v) is 7.34. The third-order valence-corrected chi connectivity index (χ3v) is 4.03. The number of ketones is 1. The van der Waals surface area contributed by atoms with Crippen LogP contribution < -0.4 is 0 Å². The molecule has 0 bridgehead atoms. The molecular weight excluding hydrogens is 254 g/mol. The van der Waals surface area contributed by atoms with Gasteiger partial charge in [-0.2, -0.15) is 0 Å². The van der Waals surface area contributed by atoms with E-state index in [1.54, 1.807) is 11.3 Å². The second-order valence-corrected chi connectivity index (χ2v) is 5.84. The molecule has 1 aromatic carbocycles. The molecule has 0 fully saturated rings. The maximum absolute atomic E-state index is 12.1. The number of rotatable bonds is 6. The van der Waals surface area contributed by atoms with Gasteiger partial charge in [0.2, 0.25) is 0 Å². The predicted octanol–water partition coefficient (Wildman–Crippen LogP) is 3.76. The minimum atomic E-state index is 0.233. The van der Waals surface area contributed by atoms with Crippen LogP contribution in [0.1, 0.15) is 27.2 Å². The molecular formula is C16H19NOS. The fraction of sp³-hybridized carbons (Fsp3) is 0.312. The van der Waals surface area contributed by atoms with Gasteiger partial charge < -0.3 is 4.90 Å². The van der Waals surface area contributed by atoms with Gasteiger partial charge in [-0.05, 0) is 31.0 Å². The molecule has 19 heavy (non-hydrogen) atoms. The molecule has 0 saturated heterocycles. The lowest BCUT2D eigenvalue weighted by atomic mass is 10.0. The van der Waals surface area contributed by atoms with Crippen molar-refractivity contribution in [2.24, 2.45) is 0 Å². The maximum atomic E-state index is 12.1. The Bertz CT molecular complexity index is 533. The van der Waals surface area contributed by atoms with Gasteiger partial charge in [0.25, 0.3) is 0 Å². The first-order valence-electron chi connectivity index (χ1n) is 6.46. The number of carbonyl (C=O) groups excluding carboxylic acids is 1. The molecule has 1 heterocycles. The van der Waals surface area contributed by atoms with E-state index in [2.05, 4.69) is 29.5 Å². The Morgan fingerprint density at radius 2 is 2.00 bits per heavy atom. The molecule has 0 aliphatic heterocycles. The highest BCUT2D eigenvalue weighted by atomic mass is 32.1. The van der Waals surface area contributed by atoms with Crippen LogP contribution in [-0.4, -0.2) is 24.3 Å². The summed E-state index contributed by atoms with van der Waals surface area (Å²) >= 11 is 1.76. The zero-order valence-corrected chi connectivity index (χ0v) is 12.2. The molecule has 0 aliphatic rings. The average Bonchev–Trinajstić information content (AvgIpc) is 2.89. The van der Waals surface area contributed by atoms with Gasteiger partial charge in [-0.15, -0.1) is 11.3 Å². The lowest BCUT2D eigenvalue weighted by molar-refractivity contribution is 0.0967. The topological polar surface area (TPSA) is 20.3 Å². The van der Waals surface area contributed by atoms with Crippen LogP contribution >= 0.6 is 11.3 Å². The zero-order valence-electron chi connectivity index (χ0n) is 11.4. The summed E-state index contributed by atoms with van der Waals surface area (Å²) in [6.45, 7) is 3.70. The highest BCUT2D eigenvalue weighted by Crippen LogP contribution is 2.13. The lowest BCUT2D eigenvalue weighted by Gasteiger charge is -2.15. The summed E-state index contributed by atoms with van der Waals surface area (Å²) in [6.07, 6.45) is 0.576.